The number of carbonyl (C=O) groups excluding carboxylic acids is 2. The Morgan fingerprint density at radius 1 is 0.897 bits per heavy atom. The Bertz CT molecular complexity index is 373. The van der Waals surface area contributed by atoms with Crippen molar-refractivity contribution in [3.05, 3.63) is 11.0 Å². The third-order valence-electron chi connectivity index (χ3n) is 2.02. The summed E-state index contributed by atoms with van der Waals surface area (Å²) in [5, 5.41) is 14.2. The minimum Gasteiger partial charge on any atom is -0.482 e. The SMILES string of the molecule is C[C-](SP)C(=O)NC(C)C(=O)NC([CH-]SP)C(=O)O.[Y].[Y].[Y].[Y].[Y].[Y].[Y].[Y].[Y].[Y]. The molecule has 0 rings (SSSR count). The Balaban J connectivity index is -0.0000000360. The van der Waals surface area contributed by atoms with Crippen LogP contribution in [0.25, 0.3) is 0 Å². The quantitative estimate of drug-likeness (QED) is 0.247. The Morgan fingerprint density at radius 3 is 1.55 bits per heavy atom. The topological polar surface area (TPSA) is 95.5 Å². The van der Waals surface area contributed by atoms with E-state index in [9.17, 15) is 14.4 Å². The molecule has 0 bridgehead atoms. The van der Waals surface area contributed by atoms with Crippen LogP contribution < -0.4 is 10.6 Å². The maximum absolute atomic E-state index is 11.7. The van der Waals surface area contributed by atoms with E-state index in [1.54, 1.807) is 6.92 Å². The number of hydrogen-bond acceptors (Lipinski definition) is 5. The van der Waals surface area contributed by atoms with Gasteiger partial charge >= 0.3 is 0 Å². The zero-order valence-electron chi connectivity index (χ0n) is 16.1. The number of carbonyl (C=O) groups is 3. The minimum atomic E-state index is -1.16. The van der Waals surface area contributed by atoms with Crippen molar-refractivity contribution in [3.63, 3.8) is 0 Å². The molecule has 4 unspecified atom stereocenters. The predicted molar refractivity (Wildman–Crippen MR) is 85.0 cm³/mol. The van der Waals surface area contributed by atoms with Gasteiger partial charge in [-0.3, -0.25) is 21.0 Å². The molecule has 0 aliphatic heterocycles. The van der Waals surface area contributed by atoms with Gasteiger partial charge in [0.25, 0.3) is 5.97 Å². The van der Waals surface area contributed by atoms with E-state index >= 15 is 0 Å². The van der Waals surface area contributed by atoms with Crippen LogP contribution in [0.3, 0.4) is 0 Å². The predicted octanol–water partition coefficient (Wildman–Crippen LogP) is 0.796. The van der Waals surface area contributed by atoms with Gasteiger partial charge in [-0.15, -0.1) is 16.9 Å². The largest absolute Gasteiger partial charge is 0.482 e. The Kier molecular flexibility index (Phi) is 121. The van der Waals surface area contributed by atoms with Crippen molar-refractivity contribution >= 4 is 57.4 Å². The fourth-order valence-electron chi connectivity index (χ4n) is 0.928. The maximum atomic E-state index is 11.7. The second-order valence-electron chi connectivity index (χ2n) is 3.47. The second-order valence-corrected chi connectivity index (χ2v) is 6.38. The van der Waals surface area contributed by atoms with Crippen LogP contribution in [-0.2, 0) is 341 Å². The average molecular weight is 1230 g/mol. The molecule has 4 atom stereocenters. The molecule has 0 aliphatic rings. The molecular formula is C9H16N2O4P2S2Y10-2. The number of nitrogens with one attached hydrogen (secondary N) is 2. The van der Waals surface area contributed by atoms with E-state index in [0.29, 0.717) is 5.25 Å². The summed E-state index contributed by atoms with van der Waals surface area (Å²) in [5.74, 6) is -0.725. The molecule has 6 nitrogen and oxygen atoms in total. The third-order valence-corrected chi connectivity index (χ3v) is 4.52. The van der Waals surface area contributed by atoms with Crippen LogP contribution in [0.15, 0.2) is 0 Å². The van der Waals surface area contributed by atoms with Crippen molar-refractivity contribution in [3.8, 4) is 0 Å². The van der Waals surface area contributed by atoms with Gasteiger partial charge in [-0.05, 0) is 6.92 Å². The molecule has 0 aromatic rings. The van der Waals surface area contributed by atoms with Crippen molar-refractivity contribution in [2.45, 2.75) is 25.9 Å². The fraction of sp³-hybridized carbons (Fsp3) is 0.444. The van der Waals surface area contributed by atoms with E-state index in [0.717, 1.165) is 11.4 Å². The zero-order valence-corrected chi connectivity index (χ0v) is 48.5. The molecule has 140 valence electrons. The summed E-state index contributed by atoms with van der Waals surface area (Å²) in [6, 6.07) is -1.92. The van der Waals surface area contributed by atoms with Gasteiger partial charge in [0.2, 0.25) is 5.91 Å². The first-order chi connectivity index (χ1) is 8.83. The summed E-state index contributed by atoms with van der Waals surface area (Å²) in [6.07, 6.45) is 0. The van der Waals surface area contributed by atoms with Gasteiger partial charge in [-0.2, -0.15) is 6.92 Å². The number of amides is 2. The van der Waals surface area contributed by atoms with Crippen molar-refractivity contribution < 1.29 is 347 Å². The summed E-state index contributed by atoms with van der Waals surface area (Å²) in [4.78, 5) is 34.1. The molecule has 0 heterocycles. The van der Waals surface area contributed by atoms with Gasteiger partial charge < -0.3 is 31.9 Å². The molecular weight excluding hydrogens is 1220 g/mol. The first-order valence-electron chi connectivity index (χ1n) is 5.06. The van der Waals surface area contributed by atoms with Gasteiger partial charge in [0, 0.05) is 333 Å². The number of hydrogen-bond donors (Lipinski definition) is 3. The Morgan fingerprint density at radius 2 is 1.28 bits per heavy atom. The Labute approximate surface area is 438 Å². The van der Waals surface area contributed by atoms with Crippen molar-refractivity contribution in [1.82, 2.24) is 10.6 Å². The van der Waals surface area contributed by atoms with E-state index in [1.165, 1.54) is 24.1 Å². The third kappa shape index (κ3) is 41.1. The number of carboxylic acid groups (broad SMARTS) is 1. The second kappa shape index (κ2) is 48.6. The molecule has 0 aromatic heterocycles. The first-order valence-corrected chi connectivity index (χ1v) is 9.71. The van der Waals surface area contributed by atoms with Crippen LogP contribution in [0, 0.1) is 11.0 Å². The molecule has 2 amide bonds. The van der Waals surface area contributed by atoms with Crippen LogP contribution in [0.5, 0.6) is 0 Å². The summed E-state index contributed by atoms with van der Waals surface area (Å²) < 4.78 is 0. The molecule has 0 saturated carbocycles. The van der Waals surface area contributed by atoms with Crippen LogP contribution in [-0.4, -0.2) is 35.0 Å². The van der Waals surface area contributed by atoms with Gasteiger partial charge in [0.05, 0.1) is 5.91 Å². The Hall–Kier alpha value is 10.9. The standard InChI is InChI=1S/C9H16N2O4P2S2.10Y/c1-4(10-8(13)5(2)19-17)7(12)11-6(3-18-16)9(14)15;;;;;;;;;;/h3-4,6H,16-17H2,1-2H3,(H,10,13)(H,11,12)(H,14,15);;;;;;;;;;/q-2;;;;;;;;;;. The van der Waals surface area contributed by atoms with Crippen LogP contribution in [0.4, 0.5) is 0 Å². The molecule has 3 N–H and O–H groups in total. The van der Waals surface area contributed by atoms with Crippen LogP contribution in [0.1, 0.15) is 13.8 Å². The van der Waals surface area contributed by atoms with E-state index in [-0.39, 0.29) is 333 Å². The molecule has 20 heteroatoms. The summed E-state index contributed by atoms with van der Waals surface area (Å²) in [7, 11) is 4.60. The van der Waals surface area contributed by atoms with Gasteiger partial charge in [0.1, 0.15) is 6.04 Å². The number of carboxylic acids is 1. The fourth-order valence-corrected chi connectivity index (χ4v) is 2.23. The van der Waals surface area contributed by atoms with Crippen LogP contribution in [0.2, 0.25) is 0 Å². The minimum absolute atomic E-state index is 0. The molecule has 0 saturated heterocycles. The average Bonchev–Trinajstić information content (AvgIpc) is 2.36. The first kappa shape index (κ1) is 72.3. The maximum Gasteiger partial charge on any atom is 0.295 e. The molecule has 0 aliphatic carbocycles. The molecule has 0 aromatic carbocycles. The zero-order chi connectivity index (χ0) is 15.0. The van der Waals surface area contributed by atoms with Crippen molar-refractivity contribution in [1.29, 1.82) is 0 Å². The van der Waals surface area contributed by atoms with E-state index in [1.807, 2.05) is 0 Å². The molecule has 0 fully saturated rings. The van der Waals surface area contributed by atoms with E-state index in [2.05, 4.69) is 27.5 Å². The summed E-state index contributed by atoms with van der Waals surface area (Å²) in [5.41, 5.74) is 0. The smallest absolute Gasteiger partial charge is 0.295 e. The van der Waals surface area contributed by atoms with Crippen LogP contribution >= 0.6 is 39.6 Å². The monoisotopic (exact) mass is 1230 g/mol. The van der Waals surface area contributed by atoms with Gasteiger partial charge in [-0.1, -0.05) is 0 Å². The summed E-state index contributed by atoms with van der Waals surface area (Å²) >= 11 is 2.31. The van der Waals surface area contributed by atoms with Crippen molar-refractivity contribution in [2.75, 3.05) is 0 Å². The number of rotatable bonds is 8. The molecule has 10 radical (unpaired) electrons. The molecule has 0 spiro atoms. The number of aliphatic carboxylic acids is 1. The van der Waals surface area contributed by atoms with Gasteiger partial charge in [-0.25, -0.2) is 11.0 Å². The molecule has 29 heavy (non-hydrogen) atoms. The van der Waals surface area contributed by atoms with E-state index in [4.69, 9.17) is 5.11 Å². The van der Waals surface area contributed by atoms with Gasteiger partial charge in [0.15, 0.2) is 0 Å². The summed E-state index contributed by atoms with van der Waals surface area (Å²) in [6.45, 7) is 3.11. The van der Waals surface area contributed by atoms with E-state index < -0.39 is 24.0 Å². The normalized spacial score (nSPS) is 8.69. The van der Waals surface area contributed by atoms with Crippen molar-refractivity contribution in [2.24, 2.45) is 0 Å².